The Labute approximate surface area is 477 Å². The Kier molecular flexibility index (Phi) is 21.7. The van der Waals surface area contributed by atoms with Crippen LogP contribution in [0.2, 0.25) is 0 Å². The van der Waals surface area contributed by atoms with E-state index in [9.17, 15) is 29.1 Å². The molecule has 10 atom stereocenters. The van der Waals surface area contributed by atoms with Gasteiger partial charge in [0.1, 0.15) is 13.7 Å². The minimum absolute atomic E-state index is 0.0110. The van der Waals surface area contributed by atoms with E-state index in [0.29, 0.717) is 41.7 Å². The van der Waals surface area contributed by atoms with E-state index in [4.69, 9.17) is 10.5 Å². The monoisotopic (exact) mass is 1500 g/mol. The number of nitrogens with two attached hydrogens (primary N) is 1. The molecule has 1 aromatic rings. The average molecular weight is 1500 g/mol. The van der Waals surface area contributed by atoms with Gasteiger partial charge >= 0.3 is 81.6 Å². The SMILES string of the molecule is CC(I)(I)n1ccnc1.COC(=O)[C@@H]1[C@@H]2[C@H](CN1C(=O)[C@@H](C)C1CCCCC1)C2(C)C.C[C@H](C(=O)N1C[C@H]2[C@@H]([C@H]1C(=O)CC(CC1CCC1)C(O)C(N)=O)C2(C)C)C1CCCCC1.C[C]([InH2])(I)I. The number of imidazole rings is 1. The van der Waals surface area contributed by atoms with Crippen LogP contribution in [0.4, 0.5) is 0 Å². The standard InChI is InChI=1S/C26H42N2O4.C18H29NO3.C5H6I2N2.C2H3I2.In.2H/c1-15(17-10-5-4-6-11-17)25(32)28-14-19-21(26(19,2)3)22(28)20(29)13-18(23(30)24(27)31)12-16-8-7-9-16;1-11(12-8-6-5-7-9-12)16(20)19-10-13-14(18(13,2)3)15(19)17(21)22-4;1-5(6,7)9-3-2-8-4-9;1-2(3)4;;;/h15-19,21-23,30H,4-14H2,1-3H3,(H2,27,31);11-15H,5-10H2,1-4H3;2-4H,1H3;1H3;;;/t15-,18?,19-,21-,22+,23?;11-,13-,14-,15-;;;;;/m00...../s1. The number of fused-ring (bicyclic) bond motifs is 2. The van der Waals surface area contributed by atoms with Gasteiger partial charge in [-0.3, -0.25) is 19.2 Å². The molecule has 2 unspecified atom stereocenters. The summed E-state index contributed by atoms with van der Waals surface area (Å²) in [5.74, 6) is 1.52. The van der Waals surface area contributed by atoms with Gasteiger partial charge in [0.15, 0.2) is 5.78 Å². The molecule has 0 radical (unpaired) electrons. The summed E-state index contributed by atoms with van der Waals surface area (Å²) in [5.41, 5.74) is 5.65. The molecule has 5 saturated carbocycles. The number of halogens is 4. The van der Waals surface area contributed by atoms with Gasteiger partial charge in [-0.15, -0.1) is 0 Å². The Morgan fingerprint density at radius 3 is 1.57 bits per heavy atom. The van der Waals surface area contributed by atoms with Crippen LogP contribution < -0.4 is 5.73 Å². The van der Waals surface area contributed by atoms with Gasteiger partial charge in [-0.2, -0.15) is 0 Å². The van der Waals surface area contributed by atoms with Crippen molar-refractivity contribution in [3.8, 4) is 0 Å². The quantitative estimate of drug-likeness (QED) is 0.112. The maximum absolute atomic E-state index is 13.7. The molecule has 3 amide bonds. The number of esters is 1. The number of aliphatic hydroxyl groups excluding tert-OH is 1. The van der Waals surface area contributed by atoms with Crippen molar-refractivity contribution in [2.24, 2.45) is 75.7 Å². The summed E-state index contributed by atoms with van der Waals surface area (Å²) < 4.78 is 7.81. The Balaban J connectivity index is 0.000000205. The molecule has 8 rings (SSSR count). The van der Waals surface area contributed by atoms with Crippen molar-refractivity contribution in [3.63, 3.8) is 0 Å². The number of carbonyl (C=O) groups excluding carboxylic acids is 5. The van der Waals surface area contributed by atoms with Crippen LogP contribution >= 0.6 is 90.4 Å². The molecular formula is C51H82I4InN5O7. The molecule has 12 nitrogen and oxygen atoms in total. The van der Waals surface area contributed by atoms with Crippen LogP contribution in [0.1, 0.15) is 152 Å². The molecular weight excluding hydrogens is 1420 g/mol. The summed E-state index contributed by atoms with van der Waals surface area (Å²) in [5, 5.41) is 10.5. The second kappa shape index (κ2) is 24.9. The molecule has 5 aliphatic carbocycles. The van der Waals surface area contributed by atoms with Crippen LogP contribution in [0.5, 0.6) is 0 Å². The minimum atomic E-state index is -1.30. The number of alkyl halides is 4. The van der Waals surface area contributed by atoms with E-state index in [1.54, 1.807) is 6.20 Å². The van der Waals surface area contributed by atoms with Crippen LogP contribution in [0.15, 0.2) is 18.7 Å². The number of nitrogens with zero attached hydrogens (tertiary/aromatic N) is 4. The molecule has 0 spiro atoms. The van der Waals surface area contributed by atoms with Gasteiger partial charge in [0.05, 0.1) is 19.5 Å². The average Bonchev–Trinajstić information content (AvgIpc) is 3.73. The van der Waals surface area contributed by atoms with Crippen molar-refractivity contribution >= 4 is 144 Å². The van der Waals surface area contributed by atoms with Crippen molar-refractivity contribution in [1.82, 2.24) is 19.4 Å². The van der Waals surface area contributed by atoms with Crippen LogP contribution in [0, 0.1) is 70.0 Å². The normalized spacial score (nSPS) is 29.0. The van der Waals surface area contributed by atoms with E-state index < -0.39 is 24.0 Å². The third kappa shape index (κ3) is 15.1. The number of aromatic nitrogens is 2. The van der Waals surface area contributed by atoms with Gasteiger partial charge in [-0.05, 0) is 131 Å². The second-order valence-corrected chi connectivity index (χ2v) is 54.2. The van der Waals surface area contributed by atoms with Crippen molar-refractivity contribution in [2.75, 3.05) is 20.2 Å². The molecule has 7 aliphatic rings. The molecule has 384 valence electrons. The van der Waals surface area contributed by atoms with E-state index >= 15 is 0 Å². The number of hydrogen-bond donors (Lipinski definition) is 2. The number of piperidine rings is 2. The second-order valence-electron chi connectivity index (χ2n) is 23.1. The fourth-order valence-electron chi connectivity index (χ4n) is 12.6. The van der Waals surface area contributed by atoms with Gasteiger partial charge in [0.25, 0.3) is 0 Å². The maximum atomic E-state index is 13.7. The first-order valence-corrected chi connectivity index (χ1v) is 32.7. The molecule has 7 fully saturated rings. The predicted molar refractivity (Wildman–Crippen MR) is 305 cm³/mol. The summed E-state index contributed by atoms with van der Waals surface area (Å²) in [6.07, 6.45) is 20.3. The first kappa shape index (κ1) is 59.4. The van der Waals surface area contributed by atoms with E-state index in [0.717, 1.165) is 69.4 Å². The van der Waals surface area contributed by atoms with Crippen molar-refractivity contribution in [1.29, 1.82) is 0 Å². The van der Waals surface area contributed by atoms with E-state index in [1.165, 1.54) is 52.1 Å². The van der Waals surface area contributed by atoms with Crippen molar-refractivity contribution in [3.05, 3.63) is 18.7 Å². The number of rotatable bonds is 13. The number of amides is 3. The topological polar surface area (TPSA) is 165 Å². The van der Waals surface area contributed by atoms with Gasteiger partial charge in [-0.1, -0.05) is 99.3 Å². The fraction of sp³-hybridized carbons (Fsp3) is 0.843. The van der Waals surface area contributed by atoms with Crippen LogP contribution in [-0.2, 0) is 30.3 Å². The van der Waals surface area contributed by atoms with Crippen molar-refractivity contribution < 1.29 is 33.8 Å². The molecule has 3 N–H and O–H groups in total. The van der Waals surface area contributed by atoms with E-state index in [-0.39, 0.29) is 72.1 Å². The number of likely N-dealkylation sites (tertiary alicyclic amines) is 2. The molecule has 1 aromatic heterocycles. The number of carbonyl (C=O) groups is 5. The third-order valence-corrected chi connectivity index (χ3v) is 18.4. The fourth-order valence-corrected chi connectivity index (χ4v) is 13.1. The molecule has 0 aromatic carbocycles. The summed E-state index contributed by atoms with van der Waals surface area (Å²) in [6.45, 7) is 18.7. The van der Waals surface area contributed by atoms with Crippen molar-refractivity contribution in [2.45, 2.75) is 171 Å². The molecule has 17 heteroatoms. The number of ketones is 1. The molecule has 2 aliphatic heterocycles. The van der Waals surface area contributed by atoms with E-state index in [2.05, 4.69) is 144 Å². The van der Waals surface area contributed by atoms with Gasteiger partial charge in [0, 0.05) is 55.6 Å². The Morgan fingerprint density at radius 2 is 1.22 bits per heavy atom. The number of hydrogen-bond acceptors (Lipinski definition) is 8. The van der Waals surface area contributed by atoms with Gasteiger partial charge in [0.2, 0.25) is 17.7 Å². The summed E-state index contributed by atoms with van der Waals surface area (Å²) in [4.78, 5) is 71.8. The first-order valence-electron chi connectivity index (χ1n) is 25.6. The number of aliphatic hydroxyl groups is 1. The number of primary amides is 1. The Morgan fingerprint density at radius 1 is 0.779 bits per heavy atom. The summed E-state index contributed by atoms with van der Waals surface area (Å²) in [6, 6.07) is -0.777. The first-order chi connectivity index (χ1) is 31.6. The molecule has 0 bridgehead atoms. The van der Waals surface area contributed by atoms with Gasteiger partial charge in [-0.25, -0.2) is 9.78 Å². The number of Topliss-reactive ketones (excluding diaryl/α,β-unsaturated/α-hetero) is 1. The zero-order valence-electron chi connectivity index (χ0n) is 42.5. The predicted octanol–water partition coefficient (Wildman–Crippen LogP) is 9.70. The molecule has 2 saturated heterocycles. The molecule has 68 heavy (non-hydrogen) atoms. The van der Waals surface area contributed by atoms with Crippen LogP contribution in [-0.4, -0.2) is 116 Å². The van der Waals surface area contributed by atoms with Crippen LogP contribution in [0.25, 0.3) is 0 Å². The van der Waals surface area contributed by atoms with Crippen LogP contribution in [0.3, 0.4) is 0 Å². The zero-order valence-corrected chi connectivity index (χ0v) is 56.9. The summed E-state index contributed by atoms with van der Waals surface area (Å²) >= 11 is 10.4. The summed E-state index contributed by atoms with van der Waals surface area (Å²) in [7, 11) is 1.43. The Bertz CT molecular complexity index is 1870. The van der Waals surface area contributed by atoms with E-state index in [1.807, 2.05) is 33.8 Å². The zero-order chi connectivity index (χ0) is 50.7. The molecule has 3 heterocycles. The number of methoxy groups -OCH3 is 1. The van der Waals surface area contributed by atoms with Gasteiger partial charge < -0.3 is 29.9 Å². The third-order valence-electron chi connectivity index (χ3n) is 17.3. The number of ether oxygens (including phenoxy) is 1. The Hall–Kier alpha value is 0.510.